The number of halogens is 3. The molecule has 0 radical (unpaired) electrons. The molecular weight excluding hydrogens is 541 g/mol. The lowest BCUT2D eigenvalue weighted by atomic mass is 9.99. The van der Waals surface area contributed by atoms with Gasteiger partial charge >= 0.3 is 0 Å². The number of hydrazine groups is 1. The molecule has 3 aromatic rings. The molecule has 1 aromatic heterocycles. The Bertz CT molecular complexity index is 1480. The molecule has 1 saturated heterocycles. The average molecular weight is 573 g/mol. The second-order valence-electron chi connectivity index (χ2n) is 10.4. The molecule has 40 heavy (non-hydrogen) atoms. The van der Waals surface area contributed by atoms with E-state index in [1.807, 2.05) is 0 Å². The van der Waals surface area contributed by atoms with E-state index in [2.05, 4.69) is 5.43 Å². The van der Waals surface area contributed by atoms with Gasteiger partial charge in [-0.15, -0.1) is 11.3 Å². The number of thiophene rings is 1. The number of carbonyl (C=O) groups excluding carboxylic acids is 1. The number of benzene rings is 2. The van der Waals surface area contributed by atoms with Gasteiger partial charge in [-0.3, -0.25) is 4.79 Å². The average Bonchev–Trinajstić information content (AvgIpc) is 3.34. The Balaban J connectivity index is 1.88. The number of hydrogen-bond acceptors (Lipinski definition) is 8. The maximum Gasteiger partial charge on any atom is 0.264 e. The van der Waals surface area contributed by atoms with Crippen molar-refractivity contribution in [2.45, 2.75) is 38.3 Å². The number of aliphatic hydroxyl groups is 1. The lowest BCUT2D eigenvalue weighted by molar-refractivity contribution is 0.0713. The third kappa shape index (κ3) is 5.93. The summed E-state index contributed by atoms with van der Waals surface area (Å²) < 4.78 is 46.0. The molecule has 0 spiro atoms. The van der Waals surface area contributed by atoms with E-state index in [0.717, 1.165) is 30.2 Å². The van der Waals surface area contributed by atoms with Crippen LogP contribution in [0.3, 0.4) is 0 Å². The summed E-state index contributed by atoms with van der Waals surface area (Å²) in [5, 5.41) is 20.6. The highest BCUT2D eigenvalue weighted by molar-refractivity contribution is 7.18. The van der Waals surface area contributed by atoms with E-state index in [1.54, 1.807) is 11.0 Å². The largest absolute Gasteiger partial charge is 0.397 e. The third-order valence-electron chi connectivity index (χ3n) is 6.63. The predicted octanol–water partition coefficient (Wildman–Crippen LogP) is 4.23. The topological polar surface area (TPSA) is 132 Å². The molecule has 8 nitrogen and oxygen atoms in total. The number of nitrogens with one attached hydrogen (secondary N) is 1. The number of anilines is 2. The highest BCUT2D eigenvalue weighted by Gasteiger charge is 2.30. The van der Waals surface area contributed by atoms with Gasteiger partial charge in [-0.05, 0) is 56.5 Å². The van der Waals surface area contributed by atoms with E-state index in [-0.39, 0.29) is 61.9 Å². The molecule has 1 aliphatic rings. The Labute approximate surface area is 234 Å². The van der Waals surface area contributed by atoms with Crippen molar-refractivity contribution in [2.75, 3.05) is 37.4 Å². The van der Waals surface area contributed by atoms with Gasteiger partial charge in [0, 0.05) is 42.2 Å². The molecule has 2 heterocycles. The summed E-state index contributed by atoms with van der Waals surface area (Å²) in [6.45, 7) is 3.79. The molecule has 6 N–H and O–H groups in total. The fraction of sp³-hybridized carbons (Fsp3) is 0.357. The van der Waals surface area contributed by atoms with Crippen molar-refractivity contribution in [1.82, 2.24) is 10.3 Å². The van der Waals surface area contributed by atoms with Crippen LogP contribution in [-0.2, 0) is 0 Å². The van der Waals surface area contributed by atoms with Crippen LogP contribution in [-0.4, -0.2) is 54.2 Å². The van der Waals surface area contributed by atoms with Crippen molar-refractivity contribution in [3.63, 3.8) is 0 Å². The van der Waals surface area contributed by atoms with Crippen molar-refractivity contribution in [3.05, 3.63) is 58.2 Å². The van der Waals surface area contributed by atoms with Crippen LogP contribution < -0.4 is 21.9 Å². The van der Waals surface area contributed by atoms with Gasteiger partial charge in [0.05, 0.1) is 28.3 Å². The highest BCUT2D eigenvalue weighted by Crippen LogP contribution is 2.44. The number of rotatable bonds is 7. The quantitative estimate of drug-likeness (QED) is 0.246. The minimum atomic E-state index is -1.26. The molecule has 212 valence electrons. The zero-order valence-electron chi connectivity index (χ0n) is 22.4. The fourth-order valence-electron chi connectivity index (χ4n) is 4.77. The van der Waals surface area contributed by atoms with Crippen LogP contribution in [0, 0.1) is 28.8 Å². The maximum atomic E-state index is 15.8. The number of nitrogen functional groups attached to an aromatic ring is 1. The maximum absolute atomic E-state index is 15.8. The molecule has 12 heteroatoms. The molecule has 1 atom stereocenters. The second kappa shape index (κ2) is 11.5. The number of nitrogens with two attached hydrogens (primary N) is 2. The van der Waals surface area contributed by atoms with E-state index >= 15 is 8.78 Å². The minimum absolute atomic E-state index is 0.102. The van der Waals surface area contributed by atoms with Crippen molar-refractivity contribution >= 4 is 28.6 Å². The monoisotopic (exact) mass is 572 g/mol. The smallest absolute Gasteiger partial charge is 0.264 e. The molecule has 1 aliphatic heterocycles. The van der Waals surface area contributed by atoms with Crippen LogP contribution >= 0.6 is 11.3 Å². The Morgan fingerprint density at radius 1 is 1.25 bits per heavy atom. The molecular formula is C28H31F3N6O2S. The first-order chi connectivity index (χ1) is 18.8. The standard InChI is InChI=1S/C28H31F3N6O2S/c1-28(2,39)14-37(35-3)25-21(34)10-19(23(30)24(25)31)26-18(15-6-7-16(12-32)20(29)9-15)11-22(40-26)27(38)36-8-4-5-17(33)13-36/h6-7,9-11,17,35,39H,4-5,8,13-14,33-34H2,1-3H3/t17-/m1/s1. The molecule has 0 aliphatic carbocycles. The zero-order valence-corrected chi connectivity index (χ0v) is 23.2. The molecule has 1 amide bonds. The molecule has 4 rings (SSSR count). The second-order valence-corrected chi connectivity index (χ2v) is 11.5. The lowest BCUT2D eigenvalue weighted by Crippen LogP contribution is -2.46. The van der Waals surface area contributed by atoms with Gasteiger partial charge in [-0.25, -0.2) is 18.6 Å². The van der Waals surface area contributed by atoms with Gasteiger partial charge < -0.3 is 26.5 Å². The van der Waals surface area contributed by atoms with Crippen molar-refractivity contribution in [3.8, 4) is 27.6 Å². The van der Waals surface area contributed by atoms with Gasteiger partial charge in [0.2, 0.25) is 0 Å². The van der Waals surface area contributed by atoms with Gasteiger partial charge in [0.15, 0.2) is 11.6 Å². The highest BCUT2D eigenvalue weighted by atomic mass is 32.1. The summed E-state index contributed by atoms with van der Waals surface area (Å²) in [5.41, 5.74) is 13.5. The van der Waals surface area contributed by atoms with Crippen LogP contribution in [0.2, 0.25) is 0 Å². The van der Waals surface area contributed by atoms with Gasteiger partial charge in [-0.2, -0.15) is 5.26 Å². The van der Waals surface area contributed by atoms with Crippen LogP contribution in [0.1, 0.15) is 41.9 Å². The number of likely N-dealkylation sites (tertiary alicyclic amines) is 1. The van der Waals surface area contributed by atoms with Crippen LogP contribution in [0.25, 0.3) is 21.6 Å². The van der Waals surface area contributed by atoms with Crippen molar-refractivity contribution < 1.29 is 23.1 Å². The van der Waals surface area contributed by atoms with Crippen molar-refractivity contribution in [2.24, 2.45) is 5.73 Å². The van der Waals surface area contributed by atoms with E-state index in [4.69, 9.17) is 16.7 Å². The van der Waals surface area contributed by atoms with E-state index < -0.39 is 23.1 Å². The Morgan fingerprint density at radius 3 is 2.58 bits per heavy atom. The summed E-state index contributed by atoms with van der Waals surface area (Å²) in [6.07, 6.45) is 1.53. The number of nitriles is 1. The van der Waals surface area contributed by atoms with Crippen LogP contribution in [0.5, 0.6) is 0 Å². The fourth-order valence-corrected chi connectivity index (χ4v) is 5.93. The number of amides is 1. The Hall–Kier alpha value is -3.63. The Morgan fingerprint density at radius 2 is 1.98 bits per heavy atom. The predicted molar refractivity (Wildman–Crippen MR) is 150 cm³/mol. The molecule has 0 saturated carbocycles. The zero-order chi connectivity index (χ0) is 29.4. The first-order valence-corrected chi connectivity index (χ1v) is 13.5. The molecule has 2 aromatic carbocycles. The van der Waals surface area contributed by atoms with E-state index in [1.165, 1.54) is 50.2 Å². The number of nitrogens with zero attached hydrogens (tertiary/aromatic N) is 3. The van der Waals surface area contributed by atoms with Gasteiger partial charge in [0.1, 0.15) is 17.6 Å². The first kappa shape index (κ1) is 29.4. The number of hydrogen-bond donors (Lipinski definition) is 4. The van der Waals surface area contributed by atoms with E-state index in [0.29, 0.717) is 13.1 Å². The summed E-state index contributed by atoms with van der Waals surface area (Å²) in [4.78, 5) is 15.4. The van der Waals surface area contributed by atoms with Gasteiger partial charge in [0.25, 0.3) is 5.91 Å². The molecule has 0 bridgehead atoms. The molecule has 0 unspecified atom stereocenters. The SMILES string of the molecule is CNN(CC(C)(C)O)c1c(N)cc(-c2sc(C(=O)N3CCC[C@@H](N)C3)cc2-c2ccc(C#N)c(F)c2)c(F)c1F. The molecule has 1 fully saturated rings. The first-order valence-electron chi connectivity index (χ1n) is 12.7. The Kier molecular flexibility index (Phi) is 8.41. The van der Waals surface area contributed by atoms with E-state index in [9.17, 15) is 14.3 Å². The third-order valence-corrected chi connectivity index (χ3v) is 7.78. The van der Waals surface area contributed by atoms with Crippen molar-refractivity contribution in [1.29, 1.82) is 5.26 Å². The lowest BCUT2D eigenvalue weighted by Gasteiger charge is -2.31. The normalized spacial score (nSPS) is 15.7. The number of piperidine rings is 1. The van der Waals surface area contributed by atoms with Gasteiger partial charge in [-0.1, -0.05) is 6.07 Å². The summed E-state index contributed by atoms with van der Waals surface area (Å²) in [6, 6.07) is 8.24. The summed E-state index contributed by atoms with van der Waals surface area (Å²) in [7, 11) is 1.48. The summed E-state index contributed by atoms with van der Waals surface area (Å²) in [5.74, 6) is -3.59. The number of carbonyl (C=O) groups is 1. The minimum Gasteiger partial charge on any atom is -0.397 e. The van der Waals surface area contributed by atoms with Crippen LogP contribution in [0.15, 0.2) is 30.3 Å². The van der Waals surface area contributed by atoms with Crippen LogP contribution in [0.4, 0.5) is 24.5 Å². The summed E-state index contributed by atoms with van der Waals surface area (Å²) >= 11 is 0.937.